The van der Waals surface area contributed by atoms with Gasteiger partial charge < -0.3 is 10.0 Å². The van der Waals surface area contributed by atoms with Gasteiger partial charge in [0.2, 0.25) is 5.91 Å². The first-order chi connectivity index (χ1) is 8.15. The summed E-state index contributed by atoms with van der Waals surface area (Å²) in [5, 5.41) is 8.86. The van der Waals surface area contributed by atoms with Gasteiger partial charge >= 0.3 is 0 Å². The van der Waals surface area contributed by atoms with Crippen LogP contribution in [0, 0.1) is 0 Å². The Morgan fingerprint density at radius 3 is 2.47 bits per heavy atom. The zero-order chi connectivity index (χ0) is 12.7. The maximum absolute atomic E-state index is 12.1. The molecule has 1 N–H and O–H groups in total. The van der Waals surface area contributed by atoms with Crippen molar-refractivity contribution in [2.75, 3.05) is 32.8 Å². The molecular weight excluding hydrogens is 216 g/mol. The highest BCUT2D eigenvalue weighted by Gasteiger charge is 2.20. The Balaban J connectivity index is 2.39. The van der Waals surface area contributed by atoms with Crippen LogP contribution in [0.5, 0.6) is 0 Å². The number of amides is 1. The Morgan fingerprint density at radius 2 is 1.94 bits per heavy atom. The first-order valence-electron chi connectivity index (χ1n) is 6.78. The van der Waals surface area contributed by atoms with Crippen LogP contribution in [0.25, 0.3) is 0 Å². The van der Waals surface area contributed by atoms with Crippen molar-refractivity contribution in [1.82, 2.24) is 9.80 Å². The van der Waals surface area contributed by atoms with Gasteiger partial charge in [-0.15, -0.1) is 0 Å². The summed E-state index contributed by atoms with van der Waals surface area (Å²) in [5.41, 5.74) is 0. The van der Waals surface area contributed by atoms with E-state index in [0.717, 1.165) is 38.9 Å². The van der Waals surface area contributed by atoms with Gasteiger partial charge in [0.15, 0.2) is 0 Å². The molecule has 0 aromatic heterocycles. The number of rotatable bonds is 6. The summed E-state index contributed by atoms with van der Waals surface area (Å²) in [6.07, 6.45) is 4.28. The Morgan fingerprint density at radius 1 is 1.29 bits per heavy atom. The Kier molecular flexibility index (Phi) is 6.52. The van der Waals surface area contributed by atoms with E-state index in [4.69, 9.17) is 5.11 Å². The lowest BCUT2D eigenvalue weighted by atomic mass is 10.1. The summed E-state index contributed by atoms with van der Waals surface area (Å²) < 4.78 is 0. The molecule has 100 valence electrons. The molecule has 1 heterocycles. The molecule has 1 rings (SSSR count). The average Bonchev–Trinajstić information content (AvgIpc) is 2.35. The molecule has 1 fully saturated rings. The van der Waals surface area contributed by atoms with E-state index >= 15 is 0 Å². The first kappa shape index (κ1) is 14.5. The second-order valence-corrected chi connectivity index (χ2v) is 5.08. The van der Waals surface area contributed by atoms with Crippen LogP contribution in [-0.4, -0.2) is 59.6 Å². The van der Waals surface area contributed by atoms with Crippen molar-refractivity contribution < 1.29 is 9.90 Å². The van der Waals surface area contributed by atoms with E-state index in [0.29, 0.717) is 12.6 Å². The molecule has 0 saturated carbocycles. The Bertz CT molecular complexity index is 225. The van der Waals surface area contributed by atoms with Gasteiger partial charge in [0, 0.05) is 32.3 Å². The molecule has 0 radical (unpaired) electrons. The number of hydrogen-bond donors (Lipinski definition) is 1. The third kappa shape index (κ3) is 5.04. The molecule has 1 aliphatic heterocycles. The summed E-state index contributed by atoms with van der Waals surface area (Å²) in [6.45, 7) is 7.53. The second kappa shape index (κ2) is 7.67. The fraction of sp³-hybridized carbons (Fsp3) is 0.923. The van der Waals surface area contributed by atoms with Crippen molar-refractivity contribution in [3.05, 3.63) is 0 Å². The van der Waals surface area contributed by atoms with Gasteiger partial charge in [-0.2, -0.15) is 0 Å². The van der Waals surface area contributed by atoms with E-state index in [-0.39, 0.29) is 12.5 Å². The van der Waals surface area contributed by atoms with Gasteiger partial charge in [-0.1, -0.05) is 0 Å². The molecule has 0 aromatic rings. The van der Waals surface area contributed by atoms with Gasteiger partial charge in [0.05, 0.1) is 6.54 Å². The topological polar surface area (TPSA) is 43.8 Å². The number of carbonyl (C=O) groups excluding carboxylic acids is 1. The van der Waals surface area contributed by atoms with E-state index in [1.165, 1.54) is 6.42 Å². The van der Waals surface area contributed by atoms with E-state index in [1.807, 2.05) is 4.90 Å². The highest BCUT2D eigenvalue weighted by atomic mass is 16.3. The molecule has 0 aliphatic carbocycles. The molecule has 0 aromatic carbocycles. The van der Waals surface area contributed by atoms with Gasteiger partial charge in [0.25, 0.3) is 0 Å². The third-order valence-electron chi connectivity index (χ3n) is 3.38. The summed E-state index contributed by atoms with van der Waals surface area (Å²) >= 11 is 0. The van der Waals surface area contributed by atoms with Crippen LogP contribution in [0.4, 0.5) is 0 Å². The molecule has 0 atom stereocenters. The minimum atomic E-state index is 0.196. The maximum Gasteiger partial charge on any atom is 0.236 e. The minimum Gasteiger partial charge on any atom is -0.396 e. The highest BCUT2D eigenvalue weighted by molar-refractivity contribution is 5.78. The van der Waals surface area contributed by atoms with Crippen LogP contribution < -0.4 is 0 Å². The molecular formula is C13H26N2O2. The number of likely N-dealkylation sites (tertiary alicyclic amines) is 1. The number of nitrogens with zero attached hydrogens (tertiary/aromatic N) is 2. The molecule has 4 nitrogen and oxygen atoms in total. The maximum atomic E-state index is 12.1. The summed E-state index contributed by atoms with van der Waals surface area (Å²) in [4.78, 5) is 16.2. The Hall–Kier alpha value is -0.610. The molecule has 17 heavy (non-hydrogen) atoms. The number of piperidine rings is 1. The number of hydrogen-bond acceptors (Lipinski definition) is 3. The standard InChI is InChI=1S/C13H26N2O2/c1-12(2)15(9-6-10-16)11-13(17)14-7-4-3-5-8-14/h12,16H,3-11H2,1-2H3. The van der Waals surface area contributed by atoms with Gasteiger partial charge in [0.1, 0.15) is 0 Å². The zero-order valence-electron chi connectivity index (χ0n) is 11.2. The third-order valence-corrected chi connectivity index (χ3v) is 3.38. The SMILES string of the molecule is CC(C)N(CCCO)CC(=O)N1CCCCC1. The molecule has 1 saturated heterocycles. The fourth-order valence-corrected chi connectivity index (χ4v) is 2.21. The molecule has 0 unspecified atom stereocenters. The van der Waals surface area contributed by atoms with Gasteiger partial charge in [-0.3, -0.25) is 9.69 Å². The van der Waals surface area contributed by atoms with Crippen molar-refractivity contribution in [2.45, 2.75) is 45.6 Å². The number of aliphatic hydroxyl groups is 1. The summed E-state index contributed by atoms with van der Waals surface area (Å²) in [7, 11) is 0. The monoisotopic (exact) mass is 242 g/mol. The largest absolute Gasteiger partial charge is 0.396 e. The predicted octanol–water partition coefficient (Wildman–Crippen LogP) is 1.09. The van der Waals surface area contributed by atoms with Crippen molar-refractivity contribution in [1.29, 1.82) is 0 Å². The quantitative estimate of drug-likeness (QED) is 0.758. The number of carbonyl (C=O) groups is 1. The van der Waals surface area contributed by atoms with Crippen LogP contribution in [-0.2, 0) is 4.79 Å². The van der Waals surface area contributed by atoms with Crippen molar-refractivity contribution >= 4 is 5.91 Å². The molecule has 1 amide bonds. The summed E-state index contributed by atoms with van der Waals surface area (Å²) in [5.74, 6) is 0.247. The van der Waals surface area contributed by atoms with E-state index in [2.05, 4.69) is 18.7 Å². The van der Waals surface area contributed by atoms with E-state index in [1.54, 1.807) is 0 Å². The highest BCUT2D eigenvalue weighted by Crippen LogP contribution is 2.10. The van der Waals surface area contributed by atoms with Crippen molar-refractivity contribution in [2.24, 2.45) is 0 Å². The predicted molar refractivity (Wildman–Crippen MR) is 68.8 cm³/mol. The average molecular weight is 242 g/mol. The number of aliphatic hydroxyl groups excluding tert-OH is 1. The normalized spacial score (nSPS) is 16.9. The van der Waals surface area contributed by atoms with Crippen LogP contribution in [0.2, 0.25) is 0 Å². The smallest absolute Gasteiger partial charge is 0.236 e. The van der Waals surface area contributed by atoms with E-state index < -0.39 is 0 Å². The zero-order valence-corrected chi connectivity index (χ0v) is 11.2. The van der Waals surface area contributed by atoms with Gasteiger partial charge in [-0.25, -0.2) is 0 Å². The molecule has 0 bridgehead atoms. The van der Waals surface area contributed by atoms with Crippen molar-refractivity contribution in [3.63, 3.8) is 0 Å². The molecule has 4 heteroatoms. The van der Waals surface area contributed by atoms with Gasteiger partial charge in [-0.05, 0) is 39.5 Å². The van der Waals surface area contributed by atoms with Crippen LogP contribution >= 0.6 is 0 Å². The first-order valence-corrected chi connectivity index (χ1v) is 6.78. The lowest BCUT2D eigenvalue weighted by Gasteiger charge is -2.31. The summed E-state index contributed by atoms with van der Waals surface area (Å²) in [6, 6.07) is 0.357. The molecule has 0 spiro atoms. The lowest BCUT2D eigenvalue weighted by molar-refractivity contribution is -0.133. The second-order valence-electron chi connectivity index (χ2n) is 5.08. The minimum absolute atomic E-state index is 0.196. The van der Waals surface area contributed by atoms with Crippen molar-refractivity contribution in [3.8, 4) is 0 Å². The van der Waals surface area contributed by atoms with Crippen LogP contribution in [0.1, 0.15) is 39.5 Å². The lowest BCUT2D eigenvalue weighted by Crippen LogP contribution is -2.45. The van der Waals surface area contributed by atoms with E-state index in [9.17, 15) is 4.79 Å². The van der Waals surface area contributed by atoms with Crippen LogP contribution in [0.3, 0.4) is 0 Å². The molecule has 1 aliphatic rings. The van der Waals surface area contributed by atoms with Crippen LogP contribution in [0.15, 0.2) is 0 Å². The fourth-order valence-electron chi connectivity index (χ4n) is 2.21. The Labute approximate surface area is 105 Å².